The van der Waals surface area contributed by atoms with Crippen LogP contribution in [0, 0.1) is 17.8 Å². The molecule has 2 fully saturated rings. The fourth-order valence-corrected chi connectivity index (χ4v) is 3.47. The number of alkyl carbamates (subject to hydrolysis) is 1. The van der Waals surface area contributed by atoms with Crippen molar-refractivity contribution < 1.29 is 13.9 Å². The third-order valence-electron chi connectivity index (χ3n) is 4.65. The first-order valence-corrected chi connectivity index (χ1v) is 7.47. The maximum Gasteiger partial charge on any atom is 0.407 e. The summed E-state index contributed by atoms with van der Waals surface area (Å²) in [6.45, 7) is 2.70. The molecule has 1 aromatic rings. The Hall–Kier alpha value is -1.62. The van der Waals surface area contributed by atoms with Gasteiger partial charge >= 0.3 is 6.09 Å². The number of ether oxygens (including phenoxy) is 1. The van der Waals surface area contributed by atoms with Crippen molar-refractivity contribution in [1.82, 2.24) is 10.6 Å². The summed E-state index contributed by atoms with van der Waals surface area (Å²) >= 11 is 0. The maximum atomic E-state index is 13.0. The van der Waals surface area contributed by atoms with Crippen LogP contribution in [0.25, 0.3) is 0 Å². The number of hydrogen-bond acceptors (Lipinski definition) is 3. The number of hydrogen-bond donors (Lipinski definition) is 2. The van der Waals surface area contributed by atoms with E-state index in [-0.39, 0.29) is 31.2 Å². The van der Waals surface area contributed by atoms with Gasteiger partial charge < -0.3 is 15.4 Å². The highest BCUT2D eigenvalue weighted by atomic mass is 19.1. The number of fused-ring (bicyclic) bond motifs is 1. The van der Waals surface area contributed by atoms with Gasteiger partial charge in [-0.05, 0) is 24.3 Å². The average Bonchev–Trinajstić information content (AvgIpc) is 3.22. The molecule has 21 heavy (non-hydrogen) atoms. The van der Waals surface area contributed by atoms with Crippen molar-refractivity contribution in [3.63, 3.8) is 0 Å². The van der Waals surface area contributed by atoms with Gasteiger partial charge in [-0.25, -0.2) is 4.79 Å². The number of benzene rings is 1. The number of carbonyl (C=O) groups excluding carboxylic acids is 1. The quantitative estimate of drug-likeness (QED) is 0.893. The maximum absolute atomic E-state index is 13.0. The van der Waals surface area contributed by atoms with Gasteiger partial charge in [0.1, 0.15) is 6.61 Å². The standard InChI is InChI=1S/C16H21FN2O2/c1-10-13-14(12(7-17)8-18-10)15(13)19-16(20)21-9-11-5-3-2-4-6-11/h2-6,10,12-15,18H,7-9H2,1H3,(H,19,20)/t10-,12-,13?,14?,15-/m0/s1. The molecule has 3 rings (SSSR count). The van der Waals surface area contributed by atoms with E-state index in [1.54, 1.807) is 0 Å². The Morgan fingerprint density at radius 1 is 1.38 bits per heavy atom. The Morgan fingerprint density at radius 3 is 2.86 bits per heavy atom. The van der Waals surface area contributed by atoms with Crippen LogP contribution in [-0.2, 0) is 11.3 Å². The fraction of sp³-hybridized carbons (Fsp3) is 0.562. The second-order valence-corrected chi connectivity index (χ2v) is 6.00. The van der Waals surface area contributed by atoms with Gasteiger partial charge in [-0.1, -0.05) is 30.3 Å². The zero-order valence-corrected chi connectivity index (χ0v) is 12.1. The van der Waals surface area contributed by atoms with Crippen LogP contribution in [0.1, 0.15) is 12.5 Å². The molecule has 1 saturated heterocycles. The Kier molecular flexibility index (Phi) is 4.10. The first-order chi connectivity index (χ1) is 10.2. The minimum absolute atomic E-state index is 0.00521. The normalized spacial score (nSPS) is 33.9. The van der Waals surface area contributed by atoms with Gasteiger partial charge in [0.15, 0.2) is 0 Å². The number of carbonyl (C=O) groups is 1. The van der Waals surface area contributed by atoms with Gasteiger partial charge in [-0.2, -0.15) is 0 Å². The van der Waals surface area contributed by atoms with Crippen LogP contribution in [0.15, 0.2) is 30.3 Å². The van der Waals surface area contributed by atoms with E-state index in [0.29, 0.717) is 18.5 Å². The summed E-state index contributed by atoms with van der Waals surface area (Å²) in [5.41, 5.74) is 0.956. The minimum atomic E-state index is -0.414. The molecule has 4 nitrogen and oxygen atoms in total. The lowest BCUT2D eigenvalue weighted by Gasteiger charge is -2.24. The van der Waals surface area contributed by atoms with E-state index in [9.17, 15) is 9.18 Å². The highest BCUT2D eigenvalue weighted by molar-refractivity contribution is 5.68. The molecule has 114 valence electrons. The summed E-state index contributed by atoms with van der Waals surface area (Å²) in [5, 5.41) is 6.20. The van der Waals surface area contributed by atoms with Crippen molar-refractivity contribution in [3.8, 4) is 0 Å². The molecule has 2 N–H and O–H groups in total. The third kappa shape index (κ3) is 3.02. The molecule has 0 aromatic heterocycles. The van der Waals surface area contributed by atoms with Gasteiger partial charge in [0.2, 0.25) is 0 Å². The molecule has 1 amide bonds. The van der Waals surface area contributed by atoms with Gasteiger partial charge in [0.25, 0.3) is 0 Å². The Bertz CT molecular complexity index is 496. The number of nitrogens with one attached hydrogen (secondary N) is 2. The lowest BCUT2D eigenvalue weighted by molar-refractivity contribution is 0.138. The molecule has 0 bridgehead atoms. The number of amides is 1. The van der Waals surface area contributed by atoms with Crippen LogP contribution in [0.3, 0.4) is 0 Å². The Balaban J connectivity index is 1.49. The van der Waals surface area contributed by atoms with E-state index < -0.39 is 6.09 Å². The molecule has 1 saturated carbocycles. The molecule has 0 spiro atoms. The van der Waals surface area contributed by atoms with Crippen molar-refractivity contribution >= 4 is 6.09 Å². The second-order valence-electron chi connectivity index (χ2n) is 6.00. The molecule has 0 radical (unpaired) electrons. The molecule has 5 atom stereocenters. The van der Waals surface area contributed by atoms with Crippen LogP contribution in [-0.4, -0.2) is 31.4 Å². The summed E-state index contributed by atoms with van der Waals surface area (Å²) in [5.74, 6) is 0.574. The van der Waals surface area contributed by atoms with Gasteiger partial charge in [0, 0.05) is 24.5 Å². The first-order valence-electron chi connectivity index (χ1n) is 7.47. The van der Waals surface area contributed by atoms with Crippen LogP contribution >= 0.6 is 0 Å². The summed E-state index contributed by atoms with van der Waals surface area (Å²) in [4.78, 5) is 11.9. The topological polar surface area (TPSA) is 50.4 Å². The van der Waals surface area contributed by atoms with E-state index in [1.165, 1.54) is 0 Å². The van der Waals surface area contributed by atoms with E-state index in [1.807, 2.05) is 30.3 Å². The average molecular weight is 292 g/mol. The van der Waals surface area contributed by atoms with E-state index in [2.05, 4.69) is 17.6 Å². The highest BCUT2D eigenvalue weighted by Crippen LogP contribution is 2.49. The molecular weight excluding hydrogens is 271 g/mol. The molecule has 2 aliphatic rings. The summed E-state index contributed by atoms with van der Waals surface area (Å²) in [6, 6.07) is 9.92. The lowest BCUT2D eigenvalue weighted by atomic mass is 9.97. The van der Waals surface area contributed by atoms with E-state index in [4.69, 9.17) is 4.74 Å². The van der Waals surface area contributed by atoms with Gasteiger partial charge in [-0.15, -0.1) is 0 Å². The monoisotopic (exact) mass is 292 g/mol. The number of alkyl halides is 1. The van der Waals surface area contributed by atoms with E-state index >= 15 is 0 Å². The summed E-state index contributed by atoms with van der Waals surface area (Å²) < 4.78 is 18.2. The van der Waals surface area contributed by atoms with Crippen LogP contribution < -0.4 is 10.6 Å². The predicted octanol–water partition coefficient (Wildman–Crippen LogP) is 2.10. The van der Waals surface area contributed by atoms with Crippen molar-refractivity contribution in [2.75, 3.05) is 13.2 Å². The number of piperidine rings is 1. The van der Waals surface area contributed by atoms with Gasteiger partial charge in [0.05, 0.1) is 6.67 Å². The smallest absolute Gasteiger partial charge is 0.407 e. The lowest BCUT2D eigenvalue weighted by Crippen LogP contribution is -2.39. The Labute approximate surface area is 124 Å². The van der Waals surface area contributed by atoms with E-state index in [0.717, 1.165) is 5.56 Å². The number of rotatable bonds is 4. The molecular formula is C16H21FN2O2. The fourth-order valence-electron chi connectivity index (χ4n) is 3.47. The zero-order chi connectivity index (χ0) is 14.8. The van der Waals surface area contributed by atoms with Gasteiger partial charge in [-0.3, -0.25) is 4.39 Å². The molecule has 1 aliphatic heterocycles. The SMILES string of the molecule is C[C@@H]1NC[C@H](CF)C2C1[C@@H]2NC(=O)OCc1ccccc1. The Morgan fingerprint density at radius 2 is 2.14 bits per heavy atom. The molecule has 1 aliphatic carbocycles. The summed E-state index contributed by atoms with van der Waals surface area (Å²) in [7, 11) is 0. The van der Waals surface area contributed by atoms with Crippen LogP contribution in [0.2, 0.25) is 0 Å². The molecule has 1 heterocycles. The zero-order valence-electron chi connectivity index (χ0n) is 12.1. The van der Waals surface area contributed by atoms with Crippen molar-refractivity contribution in [2.24, 2.45) is 17.8 Å². The third-order valence-corrected chi connectivity index (χ3v) is 4.65. The van der Waals surface area contributed by atoms with Crippen LogP contribution in [0.5, 0.6) is 0 Å². The first kappa shape index (κ1) is 14.3. The van der Waals surface area contributed by atoms with Crippen LogP contribution in [0.4, 0.5) is 9.18 Å². The number of halogens is 1. The van der Waals surface area contributed by atoms with Crippen molar-refractivity contribution in [1.29, 1.82) is 0 Å². The highest BCUT2D eigenvalue weighted by Gasteiger charge is 2.59. The molecule has 5 heteroatoms. The summed E-state index contributed by atoms with van der Waals surface area (Å²) in [6.07, 6.45) is -0.414. The largest absolute Gasteiger partial charge is 0.445 e. The van der Waals surface area contributed by atoms with Crippen molar-refractivity contribution in [2.45, 2.75) is 25.6 Å². The second kappa shape index (κ2) is 6.02. The van der Waals surface area contributed by atoms with Crippen molar-refractivity contribution in [3.05, 3.63) is 35.9 Å². The molecule has 2 unspecified atom stereocenters. The predicted molar refractivity (Wildman–Crippen MR) is 77.5 cm³/mol. The minimum Gasteiger partial charge on any atom is -0.445 e. The molecule has 1 aromatic carbocycles.